The van der Waals surface area contributed by atoms with Gasteiger partial charge in [0.25, 0.3) is 0 Å². The van der Waals surface area contributed by atoms with Crippen LogP contribution in [0.4, 0.5) is 0 Å². The van der Waals surface area contributed by atoms with E-state index < -0.39 is 0 Å². The van der Waals surface area contributed by atoms with Crippen molar-refractivity contribution in [2.45, 2.75) is 44.6 Å². The van der Waals surface area contributed by atoms with Crippen molar-refractivity contribution in [1.29, 1.82) is 0 Å². The van der Waals surface area contributed by atoms with Crippen LogP contribution in [0.1, 0.15) is 48.9 Å². The first-order chi connectivity index (χ1) is 9.17. The lowest BCUT2D eigenvalue weighted by atomic mass is 9.88. The summed E-state index contributed by atoms with van der Waals surface area (Å²) < 4.78 is 5.55. The van der Waals surface area contributed by atoms with Crippen LogP contribution in [-0.4, -0.2) is 6.54 Å². The number of rotatable bonds is 4. The van der Waals surface area contributed by atoms with Gasteiger partial charge in [0.15, 0.2) is 0 Å². The zero-order chi connectivity index (χ0) is 13.3. The van der Waals surface area contributed by atoms with Crippen LogP contribution in [0, 0.1) is 0 Å². The molecule has 19 heavy (non-hydrogen) atoms. The van der Waals surface area contributed by atoms with Gasteiger partial charge in [0.2, 0.25) is 0 Å². The second kappa shape index (κ2) is 5.14. The van der Waals surface area contributed by atoms with Gasteiger partial charge in [-0.15, -0.1) is 11.3 Å². The Hall–Kier alpha value is -1.06. The molecule has 0 saturated carbocycles. The first-order valence-corrected chi connectivity index (χ1v) is 7.88. The number of fused-ring (bicyclic) bond motifs is 1. The normalized spacial score (nSPS) is 19.4. The third-order valence-corrected chi connectivity index (χ3v) is 5.27. The van der Waals surface area contributed by atoms with E-state index in [9.17, 15) is 0 Å². The molecule has 0 aromatic carbocycles. The first kappa shape index (κ1) is 12.9. The largest absolute Gasteiger partial charge is 0.469 e. The van der Waals surface area contributed by atoms with Crippen LogP contribution >= 0.6 is 11.3 Å². The lowest BCUT2D eigenvalue weighted by Crippen LogP contribution is -2.35. The first-order valence-electron chi connectivity index (χ1n) is 7.00. The molecule has 2 aromatic rings. The lowest BCUT2D eigenvalue weighted by Gasteiger charge is -2.29. The Morgan fingerprint density at radius 1 is 1.42 bits per heavy atom. The van der Waals surface area contributed by atoms with Crippen LogP contribution in [-0.2, 0) is 11.8 Å². The summed E-state index contributed by atoms with van der Waals surface area (Å²) in [6.07, 6.45) is 5.36. The molecule has 1 N–H and O–H groups in total. The fourth-order valence-corrected chi connectivity index (χ4v) is 3.68. The van der Waals surface area contributed by atoms with Crippen LogP contribution in [0.2, 0.25) is 0 Å². The van der Waals surface area contributed by atoms with Crippen molar-refractivity contribution < 1.29 is 4.42 Å². The van der Waals surface area contributed by atoms with Crippen molar-refractivity contribution in [3.63, 3.8) is 0 Å². The van der Waals surface area contributed by atoms with Gasteiger partial charge in [-0.05, 0) is 30.4 Å². The highest BCUT2D eigenvalue weighted by molar-refractivity contribution is 7.10. The molecule has 1 unspecified atom stereocenters. The molecule has 2 nitrogen and oxygen atoms in total. The van der Waals surface area contributed by atoms with Gasteiger partial charge in [-0.1, -0.05) is 19.9 Å². The van der Waals surface area contributed by atoms with Crippen molar-refractivity contribution in [2.24, 2.45) is 0 Å². The third kappa shape index (κ3) is 2.63. The molecule has 1 aliphatic rings. The van der Waals surface area contributed by atoms with E-state index in [0.29, 0.717) is 6.04 Å². The standard InChI is InChI=1S/C16H21NOS/c1-16(2,15-7-4-10-19-15)11-17-13-5-3-6-14-12(13)8-9-18-14/h4,7-10,13,17H,3,5-6,11H2,1-2H3. The van der Waals surface area contributed by atoms with E-state index in [2.05, 4.69) is 42.7 Å². The maximum Gasteiger partial charge on any atom is 0.108 e. The Balaban J connectivity index is 1.68. The van der Waals surface area contributed by atoms with Crippen LogP contribution in [0.5, 0.6) is 0 Å². The average Bonchev–Trinajstić information content (AvgIpc) is 3.07. The van der Waals surface area contributed by atoms with Crippen molar-refractivity contribution >= 4 is 11.3 Å². The van der Waals surface area contributed by atoms with Crippen molar-refractivity contribution in [1.82, 2.24) is 5.32 Å². The van der Waals surface area contributed by atoms with E-state index in [1.807, 2.05) is 17.6 Å². The summed E-state index contributed by atoms with van der Waals surface area (Å²) in [6, 6.07) is 6.96. The van der Waals surface area contributed by atoms with Crippen molar-refractivity contribution in [3.8, 4) is 0 Å². The number of nitrogens with one attached hydrogen (secondary N) is 1. The highest BCUT2D eigenvalue weighted by Crippen LogP contribution is 2.32. The van der Waals surface area contributed by atoms with Gasteiger partial charge in [0.05, 0.1) is 6.26 Å². The molecular weight excluding hydrogens is 254 g/mol. The van der Waals surface area contributed by atoms with Crippen LogP contribution in [0.3, 0.4) is 0 Å². The predicted octanol–water partition coefficient (Wildman–Crippen LogP) is 4.29. The fraction of sp³-hybridized carbons (Fsp3) is 0.500. The van der Waals surface area contributed by atoms with E-state index in [1.165, 1.54) is 29.0 Å². The molecule has 0 radical (unpaired) electrons. The number of thiophene rings is 1. The van der Waals surface area contributed by atoms with Crippen LogP contribution in [0.25, 0.3) is 0 Å². The molecular formula is C16H21NOS. The van der Waals surface area contributed by atoms with E-state index in [4.69, 9.17) is 4.42 Å². The predicted molar refractivity (Wildman–Crippen MR) is 79.7 cm³/mol. The average molecular weight is 275 g/mol. The minimum Gasteiger partial charge on any atom is -0.469 e. The SMILES string of the molecule is CC(C)(CNC1CCCc2occc21)c1cccs1. The molecule has 3 rings (SSSR count). The van der Waals surface area contributed by atoms with Gasteiger partial charge in [-0.2, -0.15) is 0 Å². The molecule has 3 heteroatoms. The van der Waals surface area contributed by atoms with Gasteiger partial charge < -0.3 is 9.73 Å². The summed E-state index contributed by atoms with van der Waals surface area (Å²) in [5.74, 6) is 1.18. The molecule has 0 saturated heterocycles. The molecule has 0 bridgehead atoms. The number of furan rings is 1. The summed E-state index contributed by atoms with van der Waals surface area (Å²) >= 11 is 1.85. The zero-order valence-electron chi connectivity index (χ0n) is 11.6. The molecule has 2 heterocycles. The molecule has 1 aliphatic carbocycles. The molecule has 1 atom stereocenters. The lowest BCUT2D eigenvalue weighted by molar-refractivity contribution is 0.376. The summed E-state index contributed by atoms with van der Waals surface area (Å²) in [5, 5.41) is 5.90. The van der Waals surface area contributed by atoms with Gasteiger partial charge in [-0.3, -0.25) is 0 Å². The molecule has 2 aromatic heterocycles. The van der Waals surface area contributed by atoms with Gasteiger partial charge in [-0.25, -0.2) is 0 Å². The van der Waals surface area contributed by atoms with E-state index >= 15 is 0 Å². The topological polar surface area (TPSA) is 25.2 Å². The molecule has 0 fully saturated rings. The van der Waals surface area contributed by atoms with E-state index in [-0.39, 0.29) is 5.41 Å². The fourth-order valence-electron chi connectivity index (χ4n) is 2.83. The maximum absolute atomic E-state index is 5.55. The molecule has 0 aliphatic heterocycles. The van der Waals surface area contributed by atoms with Crippen LogP contribution in [0.15, 0.2) is 34.3 Å². The Labute approximate surface area is 118 Å². The Morgan fingerprint density at radius 3 is 3.11 bits per heavy atom. The minimum absolute atomic E-state index is 0.190. The number of aryl methyl sites for hydroxylation is 1. The monoisotopic (exact) mass is 275 g/mol. The van der Waals surface area contributed by atoms with E-state index in [1.54, 1.807) is 0 Å². The summed E-state index contributed by atoms with van der Waals surface area (Å²) in [6.45, 7) is 5.62. The van der Waals surface area contributed by atoms with Gasteiger partial charge in [0, 0.05) is 34.9 Å². The Bertz CT molecular complexity index is 527. The maximum atomic E-state index is 5.55. The summed E-state index contributed by atoms with van der Waals surface area (Å²) in [5.41, 5.74) is 1.56. The van der Waals surface area contributed by atoms with Crippen molar-refractivity contribution in [2.75, 3.05) is 6.54 Å². The quantitative estimate of drug-likeness (QED) is 0.900. The van der Waals surface area contributed by atoms with Crippen molar-refractivity contribution in [3.05, 3.63) is 46.0 Å². The van der Waals surface area contributed by atoms with Crippen LogP contribution < -0.4 is 5.32 Å². The van der Waals surface area contributed by atoms with Gasteiger partial charge >= 0.3 is 0 Å². The van der Waals surface area contributed by atoms with Gasteiger partial charge in [0.1, 0.15) is 5.76 Å². The van der Waals surface area contributed by atoms with E-state index in [0.717, 1.165) is 13.0 Å². The highest BCUT2D eigenvalue weighted by atomic mass is 32.1. The Kier molecular flexibility index (Phi) is 3.50. The number of hydrogen-bond donors (Lipinski definition) is 1. The molecule has 102 valence electrons. The minimum atomic E-state index is 0.190. The third-order valence-electron chi connectivity index (χ3n) is 4.03. The number of hydrogen-bond acceptors (Lipinski definition) is 3. The zero-order valence-corrected chi connectivity index (χ0v) is 12.4. The summed E-state index contributed by atoms with van der Waals surface area (Å²) in [7, 11) is 0. The highest BCUT2D eigenvalue weighted by Gasteiger charge is 2.26. The summed E-state index contributed by atoms with van der Waals surface area (Å²) in [4.78, 5) is 1.45. The second-order valence-corrected chi connectivity index (χ2v) is 6.93. The smallest absolute Gasteiger partial charge is 0.108 e. The second-order valence-electron chi connectivity index (χ2n) is 5.99. The molecule has 0 amide bonds. The Morgan fingerprint density at radius 2 is 2.32 bits per heavy atom. The molecule has 0 spiro atoms.